The van der Waals surface area contributed by atoms with E-state index >= 15 is 0 Å². The van der Waals surface area contributed by atoms with E-state index < -0.39 is 6.04 Å². The van der Waals surface area contributed by atoms with Gasteiger partial charge in [0.15, 0.2) is 5.43 Å². The number of methoxy groups -OCH3 is 1. The van der Waals surface area contributed by atoms with Gasteiger partial charge in [0, 0.05) is 32.2 Å². The summed E-state index contributed by atoms with van der Waals surface area (Å²) in [7, 11) is 1.55. The summed E-state index contributed by atoms with van der Waals surface area (Å²) in [5, 5.41) is 0.428. The number of amides is 1. The minimum atomic E-state index is -0.546. The topological polar surface area (TPSA) is 81.5 Å². The summed E-state index contributed by atoms with van der Waals surface area (Å²) in [5.41, 5.74) is 1.35. The minimum Gasteiger partial charge on any atom is -0.497 e. The Hall–Kier alpha value is -3.36. The molecule has 2 aliphatic heterocycles. The van der Waals surface area contributed by atoms with Crippen molar-refractivity contribution in [1.82, 2.24) is 9.80 Å². The van der Waals surface area contributed by atoms with E-state index in [4.69, 9.17) is 18.6 Å². The first-order chi connectivity index (χ1) is 17.5. The van der Waals surface area contributed by atoms with Crippen LogP contribution in [0.2, 0.25) is 0 Å². The Bertz CT molecular complexity index is 1310. The number of carbonyl (C=O) groups is 1. The first-order valence-electron chi connectivity index (χ1n) is 12.5. The zero-order valence-corrected chi connectivity index (χ0v) is 21.0. The summed E-state index contributed by atoms with van der Waals surface area (Å²) in [6.45, 7) is 8.52. The van der Waals surface area contributed by atoms with Crippen LogP contribution in [0.3, 0.4) is 0 Å². The molecule has 1 fully saturated rings. The zero-order valence-electron chi connectivity index (χ0n) is 21.0. The van der Waals surface area contributed by atoms with Crippen LogP contribution in [0.1, 0.15) is 48.0 Å². The highest BCUT2D eigenvalue weighted by atomic mass is 16.5. The first-order valence-corrected chi connectivity index (χ1v) is 12.5. The van der Waals surface area contributed by atoms with Crippen LogP contribution in [0.5, 0.6) is 11.5 Å². The third-order valence-electron chi connectivity index (χ3n) is 6.70. The van der Waals surface area contributed by atoms with Crippen molar-refractivity contribution in [2.75, 3.05) is 46.5 Å². The van der Waals surface area contributed by atoms with Gasteiger partial charge in [-0.05, 0) is 50.1 Å². The molecule has 0 aliphatic carbocycles. The molecule has 3 heterocycles. The average molecular weight is 493 g/mol. The maximum atomic E-state index is 13.7. The summed E-state index contributed by atoms with van der Waals surface area (Å²) >= 11 is 0. The summed E-state index contributed by atoms with van der Waals surface area (Å²) in [6.07, 6.45) is 0.784. The molecule has 0 radical (unpaired) electrons. The van der Waals surface area contributed by atoms with Gasteiger partial charge in [-0.3, -0.25) is 14.5 Å². The fourth-order valence-corrected chi connectivity index (χ4v) is 5.02. The van der Waals surface area contributed by atoms with Crippen LogP contribution in [0.25, 0.3) is 11.0 Å². The lowest BCUT2D eigenvalue weighted by Gasteiger charge is -2.29. The molecule has 1 aromatic heterocycles. The Morgan fingerprint density at radius 2 is 1.83 bits per heavy atom. The highest BCUT2D eigenvalue weighted by Crippen LogP contribution is 2.39. The number of carbonyl (C=O) groups excluding carboxylic acids is 1. The number of hydrogen-bond acceptors (Lipinski definition) is 7. The highest BCUT2D eigenvalue weighted by molar-refractivity contribution is 5.99. The maximum Gasteiger partial charge on any atom is 0.290 e. The van der Waals surface area contributed by atoms with Crippen molar-refractivity contribution in [1.29, 1.82) is 0 Å². The smallest absolute Gasteiger partial charge is 0.290 e. The molecule has 2 aromatic carbocycles. The molecule has 8 heteroatoms. The molecule has 1 amide bonds. The first kappa shape index (κ1) is 24.3. The second-order valence-electron chi connectivity index (χ2n) is 9.48. The van der Waals surface area contributed by atoms with Crippen LogP contribution >= 0.6 is 0 Å². The van der Waals surface area contributed by atoms with Gasteiger partial charge in [-0.25, -0.2) is 0 Å². The van der Waals surface area contributed by atoms with Crippen LogP contribution < -0.4 is 14.9 Å². The van der Waals surface area contributed by atoms with Crippen molar-refractivity contribution in [2.24, 2.45) is 0 Å². The molecule has 0 bridgehead atoms. The van der Waals surface area contributed by atoms with Crippen LogP contribution in [0.4, 0.5) is 0 Å². The Balaban J connectivity index is 1.54. The van der Waals surface area contributed by atoms with Crippen LogP contribution in [0, 0.1) is 0 Å². The molecule has 1 atom stereocenters. The van der Waals surface area contributed by atoms with Gasteiger partial charge in [0.2, 0.25) is 5.76 Å². The molecule has 190 valence electrons. The summed E-state index contributed by atoms with van der Waals surface area (Å²) in [5.74, 6) is 1.10. The second kappa shape index (κ2) is 10.3. The number of fused-ring (bicyclic) bond motifs is 2. The maximum absolute atomic E-state index is 13.7. The van der Waals surface area contributed by atoms with E-state index in [2.05, 4.69) is 4.90 Å². The molecular formula is C28H32N2O6. The van der Waals surface area contributed by atoms with E-state index in [-0.39, 0.29) is 23.2 Å². The van der Waals surface area contributed by atoms with E-state index in [1.807, 2.05) is 38.1 Å². The molecule has 0 unspecified atom stereocenters. The van der Waals surface area contributed by atoms with Crippen molar-refractivity contribution in [3.63, 3.8) is 0 Å². The van der Waals surface area contributed by atoms with Crippen molar-refractivity contribution >= 4 is 16.9 Å². The minimum absolute atomic E-state index is 0.00589. The zero-order chi connectivity index (χ0) is 25.2. The standard InChI is InChI=1S/C28H32N2O6/c1-18(2)35-21-7-4-6-19(16-21)25-24-26(31)22-9-8-20(33-3)17-23(22)36-27(24)28(32)30(25)11-5-10-29-12-14-34-15-13-29/h4,6-9,16-18,25H,5,10-15H2,1-3H3/t25-/m1/s1. The third kappa shape index (κ3) is 4.70. The Morgan fingerprint density at radius 1 is 1.03 bits per heavy atom. The Kier molecular flexibility index (Phi) is 6.98. The molecule has 0 spiro atoms. The number of rotatable bonds is 8. The van der Waals surface area contributed by atoms with Gasteiger partial charge in [0.1, 0.15) is 17.1 Å². The van der Waals surface area contributed by atoms with Crippen LogP contribution in [-0.2, 0) is 4.74 Å². The summed E-state index contributed by atoms with van der Waals surface area (Å²) < 4.78 is 22.7. The number of morpholine rings is 1. The largest absolute Gasteiger partial charge is 0.497 e. The normalized spacial score (nSPS) is 18.2. The lowest BCUT2D eigenvalue weighted by Crippen LogP contribution is -2.38. The lowest BCUT2D eigenvalue weighted by atomic mass is 9.98. The van der Waals surface area contributed by atoms with Gasteiger partial charge < -0.3 is 23.5 Å². The molecule has 1 saturated heterocycles. The van der Waals surface area contributed by atoms with E-state index in [0.29, 0.717) is 34.6 Å². The number of benzene rings is 2. The van der Waals surface area contributed by atoms with Gasteiger partial charge in [-0.1, -0.05) is 12.1 Å². The lowest BCUT2D eigenvalue weighted by molar-refractivity contribution is 0.0353. The molecule has 0 N–H and O–H groups in total. The predicted molar refractivity (Wildman–Crippen MR) is 136 cm³/mol. The predicted octanol–water partition coefficient (Wildman–Crippen LogP) is 3.86. The number of ether oxygens (including phenoxy) is 3. The highest BCUT2D eigenvalue weighted by Gasteiger charge is 2.42. The molecule has 8 nitrogen and oxygen atoms in total. The van der Waals surface area contributed by atoms with E-state index in [0.717, 1.165) is 44.8 Å². The van der Waals surface area contributed by atoms with E-state index in [1.165, 1.54) is 0 Å². The molecule has 36 heavy (non-hydrogen) atoms. The monoisotopic (exact) mass is 492 g/mol. The third-order valence-corrected chi connectivity index (χ3v) is 6.70. The van der Waals surface area contributed by atoms with E-state index in [9.17, 15) is 9.59 Å². The van der Waals surface area contributed by atoms with Gasteiger partial charge >= 0.3 is 0 Å². The van der Waals surface area contributed by atoms with Crippen LogP contribution in [0.15, 0.2) is 51.7 Å². The summed E-state index contributed by atoms with van der Waals surface area (Å²) in [6, 6.07) is 12.2. The second-order valence-corrected chi connectivity index (χ2v) is 9.48. The van der Waals surface area contributed by atoms with Crippen molar-refractivity contribution in [2.45, 2.75) is 32.4 Å². The van der Waals surface area contributed by atoms with Gasteiger partial charge in [0.25, 0.3) is 5.91 Å². The average Bonchev–Trinajstić information content (AvgIpc) is 3.16. The molecular weight excluding hydrogens is 460 g/mol. The fraction of sp³-hybridized carbons (Fsp3) is 0.429. The van der Waals surface area contributed by atoms with Crippen LogP contribution in [-0.4, -0.2) is 68.3 Å². The quantitative estimate of drug-likeness (QED) is 0.472. The Morgan fingerprint density at radius 3 is 2.58 bits per heavy atom. The van der Waals surface area contributed by atoms with Gasteiger partial charge in [0.05, 0.1) is 43.4 Å². The molecule has 0 saturated carbocycles. The fourth-order valence-electron chi connectivity index (χ4n) is 5.02. The number of hydrogen-bond donors (Lipinski definition) is 0. The Labute approximate surface area is 210 Å². The van der Waals surface area contributed by atoms with E-state index in [1.54, 1.807) is 30.2 Å². The van der Waals surface area contributed by atoms with Crippen molar-refractivity contribution in [3.05, 3.63) is 69.6 Å². The van der Waals surface area contributed by atoms with Gasteiger partial charge in [-0.15, -0.1) is 0 Å². The van der Waals surface area contributed by atoms with Gasteiger partial charge in [-0.2, -0.15) is 0 Å². The molecule has 2 aliphatic rings. The summed E-state index contributed by atoms with van der Waals surface area (Å²) in [4.78, 5) is 31.5. The van der Waals surface area contributed by atoms with Crippen molar-refractivity contribution < 1.29 is 23.4 Å². The van der Waals surface area contributed by atoms with Crippen molar-refractivity contribution in [3.8, 4) is 11.5 Å². The molecule has 5 rings (SSSR count). The number of nitrogens with zero attached hydrogens (tertiary/aromatic N) is 2. The SMILES string of the molecule is COc1ccc2c(=O)c3c(oc2c1)C(=O)N(CCCN1CCOCC1)[C@@H]3c1cccc(OC(C)C)c1. The molecule has 3 aromatic rings.